The van der Waals surface area contributed by atoms with E-state index in [1.165, 1.54) is 0 Å². The van der Waals surface area contributed by atoms with Crippen LogP contribution in [0.2, 0.25) is 0 Å². The van der Waals surface area contributed by atoms with Gasteiger partial charge in [-0.1, -0.05) is 24.3 Å². The van der Waals surface area contributed by atoms with Crippen molar-refractivity contribution in [2.75, 3.05) is 17.2 Å². The van der Waals surface area contributed by atoms with Crippen molar-refractivity contribution in [1.82, 2.24) is 0 Å². The van der Waals surface area contributed by atoms with E-state index in [1.807, 2.05) is 0 Å². The molecule has 4 aromatic rings. The third-order valence-electron chi connectivity index (χ3n) is 4.81. The lowest BCUT2D eigenvalue weighted by Gasteiger charge is -2.09. The number of rotatable bonds is 6. The Balaban J connectivity index is 1.62. The van der Waals surface area contributed by atoms with Crippen molar-refractivity contribution in [3.63, 3.8) is 0 Å². The average molecular weight is 507 g/mol. The largest absolute Gasteiger partial charge is 0.462 e. The molecule has 33 heavy (non-hydrogen) atoms. The van der Waals surface area contributed by atoms with Crippen LogP contribution in [0.25, 0.3) is 11.0 Å². The number of ether oxygens (including phenoxy) is 1. The van der Waals surface area contributed by atoms with Crippen LogP contribution < -0.4 is 10.6 Å². The fraction of sp³-hybridized carbons (Fsp3) is 0.0800. The first-order valence-corrected chi connectivity index (χ1v) is 10.9. The zero-order valence-electron chi connectivity index (χ0n) is 17.6. The first kappa shape index (κ1) is 22.3. The molecule has 0 aliphatic rings. The maximum Gasteiger partial charge on any atom is 0.338 e. The van der Waals surface area contributed by atoms with Crippen LogP contribution in [0, 0.1) is 0 Å². The molecular formula is C25H19BrN2O5. The van der Waals surface area contributed by atoms with Gasteiger partial charge in [0.25, 0.3) is 11.8 Å². The van der Waals surface area contributed by atoms with Crippen LogP contribution in [-0.2, 0) is 4.74 Å². The van der Waals surface area contributed by atoms with Gasteiger partial charge in [-0.2, -0.15) is 0 Å². The van der Waals surface area contributed by atoms with Gasteiger partial charge in [0, 0.05) is 15.5 Å². The van der Waals surface area contributed by atoms with Crippen molar-refractivity contribution in [2.45, 2.75) is 6.92 Å². The molecule has 0 saturated carbocycles. The van der Waals surface area contributed by atoms with E-state index in [4.69, 9.17) is 9.15 Å². The van der Waals surface area contributed by atoms with Gasteiger partial charge in [-0.15, -0.1) is 0 Å². The van der Waals surface area contributed by atoms with Gasteiger partial charge in [-0.25, -0.2) is 4.79 Å². The van der Waals surface area contributed by atoms with Gasteiger partial charge in [0.15, 0.2) is 0 Å². The number of nitrogens with one attached hydrogen (secondary N) is 2. The molecule has 0 unspecified atom stereocenters. The zero-order valence-corrected chi connectivity index (χ0v) is 19.1. The quantitative estimate of drug-likeness (QED) is 0.318. The minimum atomic E-state index is -0.544. The van der Waals surface area contributed by atoms with Crippen LogP contribution in [0.1, 0.15) is 38.2 Å². The summed E-state index contributed by atoms with van der Waals surface area (Å²) in [6.45, 7) is 2.00. The van der Waals surface area contributed by atoms with Gasteiger partial charge in [-0.3, -0.25) is 9.59 Å². The molecule has 2 N–H and O–H groups in total. The molecule has 8 heteroatoms. The number of halogens is 1. The van der Waals surface area contributed by atoms with Gasteiger partial charge < -0.3 is 19.8 Å². The first-order valence-electron chi connectivity index (χ1n) is 10.1. The molecule has 4 rings (SSSR count). The van der Waals surface area contributed by atoms with Crippen molar-refractivity contribution in [2.24, 2.45) is 0 Å². The van der Waals surface area contributed by atoms with E-state index in [2.05, 4.69) is 26.6 Å². The maximum absolute atomic E-state index is 13.1. The molecule has 7 nitrogen and oxygen atoms in total. The highest BCUT2D eigenvalue weighted by Gasteiger charge is 2.23. The summed E-state index contributed by atoms with van der Waals surface area (Å²) in [7, 11) is 0. The molecule has 0 aliphatic heterocycles. The van der Waals surface area contributed by atoms with E-state index in [0.717, 1.165) is 0 Å². The summed E-state index contributed by atoms with van der Waals surface area (Å²) >= 11 is 3.37. The van der Waals surface area contributed by atoms with E-state index in [-0.39, 0.29) is 24.0 Å². The summed E-state index contributed by atoms with van der Waals surface area (Å²) in [5.41, 5.74) is 1.98. The Morgan fingerprint density at radius 2 is 1.58 bits per heavy atom. The highest BCUT2D eigenvalue weighted by molar-refractivity contribution is 9.10. The molecule has 166 valence electrons. The van der Waals surface area contributed by atoms with E-state index in [0.29, 0.717) is 32.3 Å². The minimum absolute atomic E-state index is 0.0360. The Morgan fingerprint density at radius 3 is 2.30 bits per heavy atom. The van der Waals surface area contributed by atoms with Gasteiger partial charge >= 0.3 is 5.97 Å². The number of hydrogen-bond donors (Lipinski definition) is 2. The lowest BCUT2D eigenvalue weighted by atomic mass is 10.1. The number of furan rings is 1. The monoisotopic (exact) mass is 506 g/mol. The van der Waals surface area contributed by atoms with Gasteiger partial charge in [0.05, 0.1) is 17.7 Å². The van der Waals surface area contributed by atoms with Crippen LogP contribution in [0.5, 0.6) is 0 Å². The number of carbonyl (C=O) groups is 3. The van der Waals surface area contributed by atoms with E-state index >= 15 is 0 Å². The molecule has 1 heterocycles. The van der Waals surface area contributed by atoms with E-state index in [9.17, 15) is 14.4 Å². The summed E-state index contributed by atoms with van der Waals surface area (Å²) in [6.07, 6.45) is 0. The molecular weight excluding hydrogens is 488 g/mol. The summed E-state index contributed by atoms with van der Waals surface area (Å²) in [5.74, 6) is -1.41. The van der Waals surface area contributed by atoms with Crippen molar-refractivity contribution in [3.05, 3.63) is 94.2 Å². The molecule has 0 radical (unpaired) electrons. The molecule has 0 bridgehead atoms. The third-order valence-corrected chi connectivity index (χ3v) is 5.50. The summed E-state index contributed by atoms with van der Waals surface area (Å²) in [5, 5.41) is 6.15. The fourth-order valence-electron chi connectivity index (χ4n) is 3.25. The minimum Gasteiger partial charge on any atom is -0.462 e. The number of carbonyl (C=O) groups excluding carboxylic acids is 3. The maximum atomic E-state index is 13.1. The number of hydrogen-bond acceptors (Lipinski definition) is 5. The van der Waals surface area contributed by atoms with Crippen LogP contribution in [0.3, 0.4) is 0 Å². The second kappa shape index (κ2) is 9.70. The van der Waals surface area contributed by atoms with E-state index in [1.54, 1.807) is 79.7 Å². The standard InChI is InChI=1S/C25H19BrN2O5/c1-2-32-25(31)15-11-13-16(14-12-15)27-24(30)22-21(18-8-4-6-10-20(18)33-22)28-23(29)17-7-3-5-9-19(17)26/h3-14H,2H2,1H3,(H,27,30)(H,28,29). The number of anilines is 2. The van der Waals surface area contributed by atoms with Crippen molar-refractivity contribution < 1.29 is 23.5 Å². The highest BCUT2D eigenvalue weighted by atomic mass is 79.9. The Labute approximate surface area is 197 Å². The number of esters is 1. The lowest BCUT2D eigenvalue weighted by Crippen LogP contribution is -2.17. The van der Waals surface area contributed by atoms with Crippen LogP contribution in [-0.4, -0.2) is 24.4 Å². The average Bonchev–Trinajstić information content (AvgIpc) is 3.18. The second-order valence-corrected chi connectivity index (χ2v) is 7.84. The van der Waals surface area contributed by atoms with Gasteiger partial charge in [0.1, 0.15) is 11.3 Å². The zero-order chi connectivity index (χ0) is 23.4. The second-order valence-electron chi connectivity index (χ2n) is 6.99. The molecule has 0 atom stereocenters. The van der Waals surface area contributed by atoms with Crippen molar-refractivity contribution in [3.8, 4) is 0 Å². The Morgan fingerprint density at radius 1 is 0.879 bits per heavy atom. The Hall–Kier alpha value is -3.91. The molecule has 1 aromatic heterocycles. The van der Waals surface area contributed by atoms with Gasteiger partial charge in [0.2, 0.25) is 5.76 Å². The number of fused-ring (bicyclic) bond motifs is 1. The summed E-state index contributed by atoms with van der Waals surface area (Å²) in [4.78, 5) is 37.8. The van der Waals surface area contributed by atoms with Crippen LogP contribution in [0.15, 0.2) is 81.7 Å². The SMILES string of the molecule is CCOC(=O)c1ccc(NC(=O)c2oc3ccccc3c2NC(=O)c2ccccc2Br)cc1. The number of para-hydroxylation sites is 1. The van der Waals surface area contributed by atoms with Crippen molar-refractivity contribution >= 4 is 56.1 Å². The van der Waals surface area contributed by atoms with E-state index < -0.39 is 11.9 Å². The molecule has 3 aromatic carbocycles. The topological polar surface area (TPSA) is 97.6 Å². The Bertz CT molecular complexity index is 1340. The summed E-state index contributed by atoms with van der Waals surface area (Å²) in [6, 6.07) is 20.3. The van der Waals surface area contributed by atoms with Gasteiger partial charge in [-0.05, 0) is 71.4 Å². The molecule has 0 fully saturated rings. The molecule has 0 spiro atoms. The van der Waals surface area contributed by atoms with Crippen molar-refractivity contribution in [1.29, 1.82) is 0 Å². The third kappa shape index (κ3) is 4.80. The predicted octanol–water partition coefficient (Wildman–Crippen LogP) is 5.88. The fourth-order valence-corrected chi connectivity index (χ4v) is 3.71. The first-order chi connectivity index (χ1) is 16.0. The summed E-state index contributed by atoms with van der Waals surface area (Å²) < 4.78 is 11.4. The predicted molar refractivity (Wildman–Crippen MR) is 129 cm³/mol. The van der Waals surface area contributed by atoms with Crippen LogP contribution in [0.4, 0.5) is 11.4 Å². The number of benzene rings is 3. The molecule has 0 aliphatic carbocycles. The molecule has 0 saturated heterocycles. The number of amides is 2. The lowest BCUT2D eigenvalue weighted by molar-refractivity contribution is 0.0526. The Kier molecular flexibility index (Phi) is 6.55. The van der Waals surface area contributed by atoms with Crippen LogP contribution >= 0.6 is 15.9 Å². The smallest absolute Gasteiger partial charge is 0.338 e. The molecule has 2 amide bonds. The normalized spacial score (nSPS) is 10.6. The highest BCUT2D eigenvalue weighted by Crippen LogP contribution is 2.32.